The normalized spacial score (nSPS) is 16.9. The molecule has 0 aliphatic carbocycles. The number of hydrogen-bond acceptors (Lipinski definition) is 3. The zero-order valence-electron chi connectivity index (χ0n) is 11.8. The summed E-state index contributed by atoms with van der Waals surface area (Å²) in [6.45, 7) is 3.21. The Hall–Kier alpha value is -1.62. The largest absolute Gasteiger partial charge is 0.481 e. The van der Waals surface area contributed by atoms with E-state index in [0.29, 0.717) is 5.56 Å². The summed E-state index contributed by atoms with van der Waals surface area (Å²) in [7, 11) is 0. The maximum Gasteiger partial charge on any atom is 0.260 e. The summed E-state index contributed by atoms with van der Waals surface area (Å²) in [5.41, 5.74) is 6.39. The highest BCUT2D eigenvalue weighted by molar-refractivity contribution is 5.77. The van der Waals surface area contributed by atoms with Gasteiger partial charge in [0, 0.05) is 19.1 Å². The van der Waals surface area contributed by atoms with Crippen LogP contribution in [0.2, 0.25) is 0 Å². The molecule has 0 aromatic heterocycles. The summed E-state index contributed by atoms with van der Waals surface area (Å²) in [4.78, 5) is 13.7. The molecule has 1 aromatic carbocycles. The SMILES string of the molecule is C[C@@H](N)c1ccc(OCC(=O)N2CCCCC2)c(F)c1. The van der Waals surface area contributed by atoms with Crippen LogP contribution in [0.3, 0.4) is 0 Å². The van der Waals surface area contributed by atoms with Crippen molar-refractivity contribution in [1.29, 1.82) is 0 Å². The molecule has 4 nitrogen and oxygen atoms in total. The van der Waals surface area contributed by atoms with E-state index in [1.165, 1.54) is 12.1 Å². The molecule has 1 aliphatic heterocycles. The number of likely N-dealkylation sites (tertiary alicyclic amines) is 1. The maximum atomic E-state index is 13.8. The highest BCUT2D eigenvalue weighted by Crippen LogP contribution is 2.21. The molecule has 1 aromatic rings. The van der Waals surface area contributed by atoms with E-state index in [-0.39, 0.29) is 24.3 Å². The molecule has 2 rings (SSSR count). The number of nitrogens with zero attached hydrogens (tertiary/aromatic N) is 1. The van der Waals surface area contributed by atoms with Gasteiger partial charge in [-0.15, -0.1) is 0 Å². The summed E-state index contributed by atoms with van der Waals surface area (Å²) >= 11 is 0. The molecule has 110 valence electrons. The van der Waals surface area contributed by atoms with Crippen LogP contribution in [0.15, 0.2) is 18.2 Å². The van der Waals surface area contributed by atoms with Gasteiger partial charge in [-0.1, -0.05) is 6.07 Å². The monoisotopic (exact) mass is 280 g/mol. The first-order valence-corrected chi connectivity index (χ1v) is 7.03. The Balaban J connectivity index is 1.91. The zero-order valence-corrected chi connectivity index (χ0v) is 11.8. The third-order valence-electron chi connectivity index (χ3n) is 3.54. The minimum absolute atomic E-state index is 0.0830. The van der Waals surface area contributed by atoms with Gasteiger partial charge in [-0.25, -0.2) is 4.39 Å². The van der Waals surface area contributed by atoms with Crippen LogP contribution in [0.1, 0.15) is 37.8 Å². The van der Waals surface area contributed by atoms with Crippen LogP contribution in [0.25, 0.3) is 0 Å². The van der Waals surface area contributed by atoms with Crippen LogP contribution in [0, 0.1) is 5.82 Å². The van der Waals surface area contributed by atoms with Gasteiger partial charge in [0.05, 0.1) is 0 Å². The van der Waals surface area contributed by atoms with Crippen molar-refractivity contribution in [2.45, 2.75) is 32.2 Å². The summed E-state index contributed by atoms with van der Waals surface area (Å²) in [5, 5.41) is 0. The van der Waals surface area contributed by atoms with E-state index in [0.717, 1.165) is 32.4 Å². The second kappa shape index (κ2) is 6.70. The molecular formula is C15H21FN2O2. The Labute approximate surface area is 118 Å². The number of ether oxygens (including phenoxy) is 1. The van der Waals surface area contributed by atoms with E-state index in [1.54, 1.807) is 17.9 Å². The first-order chi connectivity index (χ1) is 9.58. The summed E-state index contributed by atoms with van der Waals surface area (Å²) in [6.07, 6.45) is 3.23. The van der Waals surface area contributed by atoms with Crippen molar-refractivity contribution >= 4 is 5.91 Å². The minimum atomic E-state index is -0.480. The maximum absolute atomic E-state index is 13.8. The average Bonchev–Trinajstić information content (AvgIpc) is 2.46. The van der Waals surface area contributed by atoms with E-state index in [4.69, 9.17) is 10.5 Å². The van der Waals surface area contributed by atoms with Crippen LogP contribution < -0.4 is 10.5 Å². The fourth-order valence-electron chi connectivity index (χ4n) is 2.29. The van der Waals surface area contributed by atoms with Gasteiger partial charge >= 0.3 is 0 Å². The number of nitrogens with two attached hydrogens (primary N) is 1. The van der Waals surface area contributed by atoms with Crippen molar-refractivity contribution in [3.8, 4) is 5.75 Å². The molecule has 1 amide bonds. The number of halogens is 1. The number of rotatable bonds is 4. The predicted octanol–water partition coefficient (Wildman–Crippen LogP) is 2.24. The van der Waals surface area contributed by atoms with Crippen molar-refractivity contribution < 1.29 is 13.9 Å². The topological polar surface area (TPSA) is 55.6 Å². The number of piperidine rings is 1. The lowest BCUT2D eigenvalue weighted by Crippen LogP contribution is -2.38. The van der Waals surface area contributed by atoms with E-state index in [2.05, 4.69) is 0 Å². The third-order valence-corrected chi connectivity index (χ3v) is 3.54. The van der Waals surface area contributed by atoms with Crippen molar-refractivity contribution in [3.05, 3.63) is 29.6 Å². The van der Waals surface area contributed by atoms with Crippen LogP contribution in [0.4, 0.5) is 4.39 Å². The minimum Gasteiger partial charge on any atom is -0.481 e. The molecule has 0 radical (unpaired) electrons. The number of carbonyl (C=O) groups is 1. The lowest BCUT2D eigenvalue weighted by Gasteiger charge is -2.26. The molecule has 0 unspecified atom stereocenters. The van der Waals surface area contributed by atoms with E-state index < -0.39 is 5.82 Å². The Bertz CT molecular complexity index is 471. The van der Waals surface area contributed by atoms with E-state index in [1.807, 2.05) is 0 Å². The van der Waals surface area contributed by atoms with Crippen molar-refractivity contribution in [1.82, 2.24) is 4.90 Å². The smallest absolute Gasteiger partial charge is 0.260 e. The van der Waals surface area contributed by atoms with Gasteiger partial charge < -0.3 is 15.4 Å². The van der Waals surface area contributed by atoms with Crippen molar-refractivity contribution in [3.63, 3.8) is 0 Å². The summed E-state index contributed by atoms with van der Waals surface area (Å²) < 4.78 is 19.1. The number of hydrogen-bond donors (Lipinski definition) is 1. The number of carbonyl (C=O) groups excluding carboxylic acids is 1. The molecule has 0 spiro atoms. The van der Waals surface area contributed by atoms with Gasteiger partial charge in [0.1, 0.15) is 0 Å². The Morgan fingerprint density at radius 2 is 2.10 bits per heavy atom. The Kier molecular flexibility index (Phi) is 4.95. The number of amides is 1. The second-order valence-electron chi connectivity index (χ2n) is 5.21. The summed E-state index contributed by atoms with van der Waals surface area (Å²) in [5.74, 6) is -0.466. The van der Waals surface area contributed by atoms with Gasteiger partial charge in [0.25, 0.3) is 5.91 Å². The molecule has 1 fully saturated rings. The highest BCUT2D eigenvalue weighted by atomic mass is 19.1. The van der Waals surface area contributed by atoms with Crippen LogP contribution in [-0.4, -0.2) is 30.5 Å². The molecule has 0 bridgehead atoms. The zero-order chi connectivity index (χ0) is 14.5. The fourth-order valence-corrected chi connectivity index (χ4v) is 2.29. The molecule has 5 heteroatoms. The first kappa shape index (κ1) is 14.8. The average molecular weight is 280 g/mol. The molecule has 2 N–H and O–H groups in total. The first-order valence-electron chi connectivity index (χ1n) is 7.03. The lowest BCUT2D eigenvalue weighted by atomic mass is 10.1. The molecule has 1 saturated heterocycles. The number of benzene rings is 1. The summed E-state index contributed by atoms with van der Waals surface area (Å²) in [6, 6.07) is 4.37. The molecule has 0 saturated carbocycles. The Morgan fingerprint density at radius 3 is 2.70 bits per heavy atom. The third kappa shape index (κ3) is 3.70. The van der Waals surface area contributed by atoms with Gasteiger partial charge in [-0.2, -0.15) is 0 Å². The van der Waals surface area contributed by atoms with Crippen LogP contribution in [0.5, 0.6) is 5.75 Å². The van der Waals surface area contributed by atoms with E-state index >= 15 is 0 Å². The van der Waals surface area contributed by atoms with Crippen LogP contribution in [-0.2, 0) is 4.79 Å². The van der Waals surface area contributed by atoms with E-state index in [9.17, 15) is 9.18 Å². The lowest BCUT2D eigenvalue weighted by molar-refractivity contribution is -0.134. The van der Waals surface area contributed by atoms with Crippen molar-refractivity contribution in [2.75, 3.05) is 19.7 Å². The Morgan fingerprint density at radius 1 is 1.40 bits per heavy atom. The highest BCUT2D eigenvalue weighted by Gasteiger charge is 2.17. The molecule has 1 atom stereocenters. The van der Waals surface area contributed by atoms with Gasteiger partial charge in [-0.3, -0.25) is 4.79 Å². The predicted molar refractivity (Wildman–Crippen MR) is 74.9 cm³/mol. The second-order valence-corrected chi connectivity index (χ2v) is 5.21. The quantitative estimate of drug-likeness (QED) is 0.920. The van der Waals surface area contributed by atoms with Crippen molar-refractivity contribution in [2.24, 2.45) is 5.73 Å². The van der Waals surface area contributed by atoms with Gasteiger partial charge in [0.2, 0.25) is 0 Å². The fraction of sp³-hybridized carbons (Fsp3) is 0.533. The van der Waals surface area contributed by atoms with Gasteiger partial charge in [0.15, 0.2) is 18.2 Å². The molecular weight excluding hydrogens is 259 g/mol. The van der Waals surface area contributed by atoms with Crippen LogP contribution >= 0.6 is 0 Å². The molecule has 20 heavy (non-hydrogen) atoms. The standard InChI is InChI=1S/C15H21FN2O2/c1-11(17)12-5-6-14(13(16)9-12)20-10-15(19)18-7-3-2-4-8-18/h5-6,9,11H,2-4,7-8,10,17H2,1H3/t11-/m1/s1. The van der Waals surface area contributed by atoms with Gasteiger partial charge in [-0.05, 0) is 43.9 Å². The molecule has 1 heterocycles. The molecule has 1 aliphatic rings.